The van der Waals surface area contributed by atoms with Crippen molar-refractivity contribution in [3.05, 3.63) is 34.6 Å². The Labute approximate surface area is 176 Å². The van der Waals surface area contributed by atoms with E-state index in [1.54, 1.807) is 6.07 Å². The number of rotatable bonds is 5. The zero-order valence-corrected chi connectivity index (χ0v) is 17.8. The molecule has 1 amide bonds. The molecule has 0 bridgehead atoms. The number of ether oxygens (including phenoxy) is 1. The summed E-state index contributed by atoms with van der Waals surface area (Å²) in [4.78, 5) is 31.3. The molecule has 6 nitrogen and oxygen atoms in total. The maximum absolute atomic E-state index is 14.5. The predicted molar refractivity (Wildman–Crippen MR) is 109 cm³/mol. The van der Waals surface area contributed by atoms with E-state index in [2.05, 4.69) is 4.90 Å². The lowest BCUT2D eigenvalue weighted by atomic mass is 10.0. The van der Waals surface area contributed by atoms with Gasteiger partial charge in [-0.15, -0.1) is 0 Å². The molecule has 0 aromatic heterocycles. The van der Waals surface area contributed by atoms with Crippen LogP contribution in [0, 0.1) is 5.82 Å². The van der Waals surface area contributed by atoms with E-state index in [0.717, 1.165) is 25.9 Å². The molecule has 2 aliphatic heterocycles. The summed E-state index contributed by atoms with van der Waals surface area (Å²) in [5, 5.41) is 0.205. The largest absolute Gasteiger partial charge is 0.468 e. The molecule has 29 heavy (non-hydrogen) atoms. The molecule has 2 saturated heterocycles. The van der Waals surface area contributed by atoms with Crippen LogP contribution >= 0.6 is 11.6 Å². The molecule has 1 aromatic carbocycles. The van der Waals surface area contributed by atoms with Gasteiger partial charge in [-0.25, -0.2) is 9.18 Å². The number of carbonyl (C=O) groups is 2. The first kappa shape index (κ1) is 22.0. The highest BCUT2D eigenvalue weighted by atomic mass is 35.5. The summed E-state index contributed by atoms with van der Waals surface area (Å²) in [7, 11) is 1.29. The lowest BCUT2D eigenvalue weighted by molar-refractivity contribution is -0.149. The van der Waals surface area contributed by atoms with E-state index in [-0.39, 0.29) is 22.5 Å². The van der Waals surface area contributed by atoms with Crippen LogP contribution in [0.15, 0.2) is 18.2 Å². The first-order valence-electron chi connectivity index (χ1n) is 10.2. The SMILES string of the molecule is COC(=O)[C@H](c1c(F)cccc1Cl)N1CCN([C@@H](C)C(=O)N2CCCCC2)CC1. The Bertz CT molecular complexity index is 714. The number of likely N-dealkylation sites (tertiary alicyclic amines) is 1. The average Bonchev–Trinajstić information content (AvgIpc) is 2.75. The van der Waals surface area contributed by atoms with Crippen molar-refractivity contribution in [1.29, 1.82) is 0 Å². The van der Waals surface area contributed by atoms with Crippen LogP contribution in [0.1, 0.15) is 37.8 Å². The number of hydrogen-bond donors (Lipinski definition) is 0. The van der Waals surface area contributed by atoms with Gasteiger partial charge >= 0.3 is 5.97 Å². The van der Waals surface area contributed by atoms with Crippen molar-refractivity contribution in [2.24, 2.45) is 0 Å². The van der Waals surface area contributed by atoms with E-state index in [1.807, 2.05) is 16.7 Å². The molecular weight excluding hydrogens is 397 g/mol. The van der Waals surface area contributed by atoms with Gasteiger partial charge in [0, 0.05) is 49.9 Å². The molecule has 2 heterocycles. The maximum Gasteiger partial charge on any atom is 0.327 e. The average molecular weight is 426 g/mol. The number of hydrogen-bond acceptors (Lipinski definition) is 5. The van der Waals surface area contributed by atoms with Gasteiger partial charge in [0.2, 0.25) is 5.91 Å². The van der Waals surface area contributed by atoms with Crippen molar-refractivity contribution < 1.29 is 18.7 Å². The van der Waals surface area contributed by atoms with Gasteiger partial charge in [-0.3, -0.25) is 14.6 Å². The fourth-order valence-corrected chi connectivity index (χ4v) is 4.52. The number of halogens is 2. The van der Waals surface area contributed by atoms with Crippen molar-refractivity contribution in [2.45, 2.75) is 38.3 Å². The van der Waals surface area contributed by atoms with Crippen LogP contribution in [-0.4, -0.2) is 79.0 Å². The molecule has 2 fully saturated rings. The Morgan fingerprint density at radius 1 is 1.03 bits per heavy atom. The van der Waals surface area contributed by atoms with Crippen molar-refractivity contribution >= 4 is 23.5 Å². The van der Waals surface area contributed by atoms with Crippen LogP contribution in [-0.2, 0) is 14.3 Å². The minimum atomic E-state index is -0.899. The molecule has 0 radical (unpaired) electrons. The summed E-state index contributed by atoms with van der Waals surface area (Å²) < 4.78 is 19.4. The monoisotopic (exact) mass is 425 g/mol. The molecule has 0 N–H and O–H groups in total. The highest BCUT2D eigenvalue weighted by Crippen LogP contribution is 2.32. The van der Waals surface area contributed by atoms with Gasteiger partial charge < -0.3 is 9.64 Å². The molecule has 1 aromatic rings. The molecule has 0 spiro atoms. The minimum Gasteiger partial charge on any atom is -0.468 e. The summed E-state index contributed by atoms with van der Waals surface area (Å²) in [6.07, 6.45) is 3.32. The van der Waals surface area contributed by atoms with E-state index >= 15 is 0 Å². The van der Waals surface area contributed by atoms with Gasteiger partial charge in [0.25, 0.3) is 0 Å². The van der Waals surface area contributed by atoms with Crippen LogP contribution in [0.25, 0.3) is 0 Å². The van der Waals surface area contributed by atoms with E-state index in [4.69, 9.17) is 16.3 Å². The number of piperazine rings is 1. The fourth-order valence-electron chi connectivity index (χ4n) is 4.25. The van der Waals surface area contributed by atoms with Crippen LogP contribution < -0.4 is 0 Å². The number of amides is 1. The zero-order valence-electron chi connectivity index (χ0n) is 17.1. The second-order valence-electron chi connectivity index (χ2n) is 7.69. The number of methoxy groups -OCH3 is 1. The lowest BCUT2D eigenvalue weighted by Gasteiger charge is -2.41. The van der Waals surface area contributed by atoms with Crippen molar-refractivity contribution in [2.75, 3.05) is 46.4 Å². The molecule has 3 rings (SSSR count). The number of carbonyl (C=O) groups excluding carboxylic acids is 2. The van der Waals surface area contributed by atoms with Crippen molar-refractivity contribution in [3.63, 3.8) is 0 Å². The topological polar surface area (TPSA) is 53.1 Å². The van der Waals surface area contributed by atoms with Gasteiger partial charge in [0.15, 0.2) is 0 Å². The molecule has 160 valence electrons. The molecule has 2 aliphatic rings. The fraction of sp³-hybridized carbons (Fsp3) is 0.619. The Balaban J connectivity index is 1.68. The van der Waals surface area contributed by atoms with Gasteiger partial charge in [0.1, 0.15) is 11.9 Å². The van der Waals surface area contributed by atoms with Crippen LogP contribution in [0.2, 0.25) is 5.02 Å². The first-order chi connectivity index (χ1) is 13.9. The molecule has 2 atom stereocenters. The molecule has 8 heteroatoms. The van der Waals surface area contributed by atoms with Crippen molar-refractivity contribution in [3.8, 4) is 0 Å². The lowest BCUT2D eigenvalue weighted by Crippen LogP contribution is -2.56. The normalized spacial score (nSPS) is 20.9. The second kappa shape index (κ2) is 9.87. The Morgan fingerprint density at radius 3 is 2.24 bits per heavy atom. The van der Waals surface area contributed by atoms with Crippen molar-refractivity contribution in [1.82, 2.24) is 14.7 Å². The third kappa shape index (κ3) is 4.90. The highest BCUT2D eigenvalue weighted by molar-refractivity contribution is 6.31. The first-order valence-corrected chi connectivity index (χ1v) is 10.6. The zero-order chi connectivity index (χ0) is 21.0. The molecular formula is C21H29ClFN3O3. The van der Waals surface area contributed by atoms with Gasteiger partial charge in [0.05, 0.1) is 13.2 Å². The summed E-state index contributed by atoms with van der Waals surface area (Å²) in [6.45, 7) is 5.86. The molecule has 0 unspecified atom stereocenters. The van der Waals surface area contributed by atoms with Gasteiger partial charge in [-0.1, -0.05) is 17.7 Å². The summed E-state index contributed by atoms with van der Waals surface area (Å²) in [5.74, 6) is -0.897. The predicted octanol–water partition coefficient (Wildman–Crippen LogP) is 2.71. The number of benzene rings is 1. The van der Waals surface area contributed by atoms with Crippen LogP contribution in [0.4, 0.5) is 4.39 Å². The minimum absolute atomic E-state index is 0.145. The number of nitrogens with zero attached hydrogens (tertiary/aromatic N) is 3. The van der Waals surface area contributed by atoms with Gasteiger partial charge in [-0.2, -0.15) is 0 Å². The smallest absolute Gasteiger partial charge is 0.327 e. The Kier molecular flexibility index (Phi) is 7.49. The highest BCUT2D eigenvalue weighted by Gasteiger charge is 2.36. The number of piperidine rings is 1. The maximum atomic E-state index is 14.5. The summed E-state index contributed by atoms with van der Waals surface area (Å²) in [5.41, 5.74) is 0.145. The van der Waals surface area contributed by atoms with Crippen LogP contribution in [0.3, 0.4) is 0 Å². The van der Waals surface area contributed by atoms with Crippen LogP contribution in [0.5, 0.6) is 0 Å². The summed E-state index contributed by atoms with van der Waals surface area (Å²) in [6, 6.07) is 3.28. The van der Waals surface area contributed by atoms with E-state index in [0.29, 0.717) is 26.2 Å². The third-order valence-corrected chi connectivity index (χ3v) is 6.31. The standard InChI is InChI=1S/C21H29ClFN3O3/c1-15(20(27)26-9-4-3-5-10-26)24-11-13-25(14-12-24)19(21(28)29-2)18-16(22)7-6-8-17(18)23/h6-8,15,19H,3-5,9-14H2,1-2H3/t15-,19-/m0/s1. The number of esters is 1. The molecule has 0 saturated carbocycles. The third-order valence-electron chi connectivity index (χ3n) is 5.98. The Hall–Kier alpha value is -1.70. The van der Waals surface area contributed by atoms with E-state index < -0.39 is 17.8 Å². The Morgan fingerprint density at radius 2 is 1.66 bits per heavy atom. The van der Waals surface area contributed by atoms with Gasteiger partial charge in [-0.05, 0) is 38.3 Å². The molecule has 0 aliphatic carbocycles. The quantitative estimate of drug-likeness (QED) is 0.679. The second-order valence-corrected chi connectivity index (χ2v) is 8.10. The summed E-state index contributed by atoms with van der Waals surface area (Å²) >= 11 is 6.22. The van der Waals surface area contributed by atoms with E-state index in [9.17, 15) is 14.0 Å². The van der Waals surface area contributed by atoms with E-state index in [1.165, 1.54) is 25.7 Å².